The van der Waals surface area contributed by atoms with E-state index in [9.17, 15) is 13.5 Å². The largest absolute Gasteiger partial charge is 0.504 e. The number of nitrogens with two attached hydrogens (primary N) is 1. The lowest BCUT2D eigenvalue weighted by Gasteiger charge is -2.05. The van der Waals surface area contributed by atoms with Crippen LogP contribution in [0, 0.1) is 0 Å². The van der Waals surface area contributed by atoms with Crippen molar-refractivity contribution in [1.29, 1.82) is 0 Å². The number of hydrogen-bond acceptors (Lipinski definition) is 5. The quantitative estimate of drug-likeness (QED) is 0.504. The first-order valence-electron chi connectivity index (χ1n) is 3.54. The standard InChI is InChI=1S/C7H9NO5S/c8-14(12,13)3-4-1-2-5(9)7(11)6(4)10/h1-2,9-11H,3H2,(H2,8,12,13). The summed E-state index contributed by atoms with van der Waals surface area (Å²) >= 11 is 0. The van der Waals surface area contributed by atoms with Crippen LogP contribution in [0.4, 0.5) is 0 Å². The van der Waals surface area contributed by atoms with Crippen LogP contribution in [0.15, 0.2) is 12.1 Å². The Morgan fingerprint density at radius 1 is 1.14 bits per heavy atom. The van der Waals surface area contributed by atoms with Crippen molar-refractivity contribution in [3.8, 4) is 17.2 Å². The molecule has 0 aliphatic heterocycles. The molecule has 1 aromatic carbocycles. The second kappa shape index (κ2) is 3.35. The molecule has 0 saturated heterocycles. The summed E-state index contributed by atoms with van der Waals surface area (Å²) in [6.07, 6.45) is 0. The van der Waals surface area contributed by atoms with Crippen LogP contribution in [0.5, 0.6) is 17.2 Å². The predicted molar refractivity (Wildman–Crippen MR) is 48.2 cm³/mol. The molecule has 7 heteroatoms. The number of phenols is 3. The van der Waals surface area contributed by atoms with E-state index in [1.54, 1.807) is 0 Å². The SMILES string of the molecule is NS(=O)(=O)Cc1ccc(O)c(O)c1O. The van der Waals surface area contributed by atoms with Crippen molar-refractivity contribution in [3.05, 3.63) is 17.7 Å². The number of hydrogen-bond donors (Lipinski definition) is 4. The van der Waals surface area contributed by atoms with Crippen LogP contribution in [-0.4, -0.2) is 23.7 Å². The maximum atomic E-state index is 10.7. The van der Waals surface area contributed by atoms with Gasteiger partial charge in [0.15, 0.2) is 11.5 Å². The van der Waals surface area contributed by atoms with E-state index in [0.717, 1.165) is 12.1 Å². The van der Waals surface area contributed by atoms with Gasteiger partial charge in [-0.3, -0.25) is 0 Å². The maximum absolute atomic E-state index is 10.7. The average Bonchev–Trinajstić information content (AvgIpc) is 2.04. The molecule has 6 nitrogen and oxygen atoms in total. The maximum Gasteiger partial charge on any atom is 0.213 e. The van der Waals surface area contributed by atoms with Crippen LogP contribution < -0.4 is 5.14 Å². The summed E-state index contributed by atoms with van der Waals surface area (Å²) in [5, 5.41) is 31.9. The number of sulfonamides is 1. The van der Waals surface area contributed by atoms with Crippen molar-refractivity contribution in [2.75, 3.05) is 0 Å². The molecule has 0 unspecified atom stereocenters. The molecule has 1 aromatic rings. The fraction of sp³-hybridized carbons (Fsp3) is 0.143. The van der Waals surface area contributed by atoms with Crippen LogP contribution in [0.2, 0.25) is 0 Å². The van der Waals surface area contributed by atoms with Crippen molar-refractivity contribution in [2.24, 2.45) is 5.14 Å². The van der Waals surface area contributed by atoms with E-state index in [4.69, 9.17) is 15.4 Å². The first-order chi connectivity index (χ1) is 6.31. The Morgan fingerprint density at radius 3 is 2.21 bits per heavy atom. The fourth-order valence-electron chi connectivity index (χ4n) is 0.944. The predicted octanol–water partition coefficient (Wildman–Crippen LogP) is -0.408. The van der Waals surface area contributed by atoms with Crippen molar-refractivity contribution in [3.63, 3.8) is 0 Å². The van der Waals surface area contributed by atoms with E-state index < -0.39 is 33.0 Å². The molecular weight excluding hydrogens is 210 g/mol. The van der Waals surface area contributed by atoms with E-state index >= 15 is 0 Å². The normalized spacial score (nSPS) is 11.5. The first kappa shape index (κ1) is 10.6. The summed E-state index contributed by atoms with van der Waals surface area (Å²) in [5.74, 6) is -2.57. The van der Waals surface area contributed by atoms with Gasteiger partial charge in [0.2, 0.25) is 15.8 Å². The highest BCUT2D eigenvalue weighted by Gasteiger charge is 2.14. The first-order valence-corrected chi connectivity index (χ1v) is 5.26. The average molecular weight is 219 g/mol. The zero-order valence-electron chi connectivity index (χ0n) is 7.01. The molecular formula is C7H9NO5S. The van der Waals surface area contributed by atoms with E-state index in [2.05, 4.69) is 0 Å². The molecule has 14 heavy (non-hydrogen) atoms. The molecule has 0 amide bonds. The summed E-state index contributed by atoms with van der Waals surface area (Å²) in [4.78, 5) is 0. The highest BCUT2D eigenvalue weighted by atomic mass is 32.2. The third-order valence-electron chi connectivity index (χ3n) is 1.57. The molecule has 0 radical (unpaired) electrons. The summed E-state index contributed by atoms with van der Waals surface area (Å²) in [5.41, 5.74) is -0.0669. The molecule has 0 fully saturated rings. The highest BCUT2D eigenvalue weighted by molar-refractivity contribution is 7.88. The molecule has 0 heterocycles. The van der Waals surface area contributed by atoms with Crippen LogP contribution >= 0.6 is 0 Å². The van der Waals surface area contributed by atoms with Crippen LogP contribution in [0.25, 0.3) is 0 Å². The van der Waals surface area contributed by atoms with E-state index in [-0.39, 0.29) is 5.56 Å². The van der Waals surface area contributed by atoms with Gasteiger partial charge in [-0.25, -0.2) is 13.6 Å². The summed E-state index contributed by atoms with van der Waals surface area (Å²) < 4.78 is 21.3. The zero-order chi connectivity index (χ0) is 10.9. The van der Waals surface area contributed by atoms with Gasteiger partial charge in [-0.2, -0.15) is 0 Å². The van der Waals surface area contributed by atoms with Crippen molar-refractivity contribution in [1.82, 2.24) is 0 Å². The Hall–Kier alpha value is -1.47. The fourth-order valence-corrected chi connectivity index (χ4v) is 1.61. The Morgan fingerprint density at radius 2 is 1.71 bits per heavy atom. The van der Waals surface area contributed by atoms with Gasteiger partial charge in [0.25, 0.3) is 0 Å². The Balaban J connectivity index is 3.19. The van der Waals surface area contributed by atoms with Crippen molar-refractivity contribution >= 4 is 10.0 Å². The van der Waals surface area contributed by atoms with Crippen LogP contribution in [-0.2, 0) is 15.8 Å². The molecule has 78 valence electrons. The molecule has 0 atom stereocenters. The van der Waals surface area contributed by atoms with E-state index in [1.165, 1.54) is 0 Å². The molecule has 0 bridgehead atoms. The van der Waals surface area contributed by atoms with E-state index in [0.29, 0.717) is 0 Å². The van der Waals surface area contributed by atoms with Gasteiger partial charge in [0, 0.05) is 5.56 Å². The summed E-state index contributed by atoms with van der Waals surface area (Å²) in [7, 11) is -3.78. The Kier molecular flexibility index (Phi) is 2.54. The lowest BCUT2D eigenvalue weighted by molar-refractivity contribution is 0.366. The molecule has 0 aliphatic rings. The zero-order valence-corrected chi connectivity index (χ0v) is 7.82. The molecule has 1 rings (SSSR count). The Labute approximate surface area is 80.3 Å². The lowest BCUT2D eigenvalue weighted by atomic mass is 10.2. The Bertz CT molecular complexity index is 453. The monoisotopic (exact) mass is 219 g/mol. The molecule has 0 saturated carbocycles. The number of rotatable bonds is 2. The van der Waals surface area contributed by atoms with Gasteiger partial charge in [-0.15, -0.1) is 0 Å². The van der Waals surface area contributed by atoms with Crippen LogP contribution in [0.3, 0.4) is 0 Å². The van der Waals surface area contributed by atoms with Gasteiger partial charge >= 0.3 is 0 Å². The minimum atomic E-state index is -3.78. The van der Waals surface area contributed by atoms with Gasteiger partial charge in [-0.05, 0) is 6.07 Å². The third kappa shape index (κ3) is 2.27. The van der Waals surface area contributed by atoms with E-state index in [1.807, 2.05) is 0 Å². The minimum Gasteiger partial charge on any atom is -0.504 e. The van der Waals surface area contributed by atoms with Crippen LogP contribution in [0.1, 0.15) is 5.56 Å². The van der Waals surface area contributed by atoms with Crippen molar-refractivity contribution in [2.45, 2.75) is 5.75 Å². The summed E-state index contributed by atoms with van der Waals surface area (Å²) in [6, 6.07) is 2.23. The van der Waals surface area contributed by atoms with Gasteiger partial charge < -0.3 is 15.3 Å². The number of benzene rings is 1. The third-order valence-corrected chi connectivity index (χ3v) is 2.28. The van der Waals surface area contributed by atoms with Gasteiger partial charge in [-0.1, -0.05) is 6.07 Å². The smallest absolute Gasteiger partial charge is 0.213 e. The van der Waals surface area contributed by atoms with Gasteiger partial charge in [0.1, 0.15) is 0 Å². The van der Waals surface area contributed by atoms with Gasteiger partial charge in [0.05, 0.1) is 5.75 Å². The highest BCUT2D eigenvalue weighted by Crippen LogP contribution is 2.37. The molecule has 5 N–H and O–H groups in total. The number of aromatic hydroxyl groups is 3. The topological polar surface area (TPSA) is 121 Å². The second-order valence-corrected chi connectivity index (χ2v) is 4.36. The molecule has 0 spiro atoms. The molecule has 0 aliphatic carbocycles. The second-order valence-electron chi connectivity index (χ2n) is 2.75. The number of primary sulfonamides is 1. The minimum absolute atomic E-state index is 0.0669. The van der Waals surface area contributed by atoms with Crippen molar-refractivity contribution < 1.29 is 23.7 Å². The molecule has 0 aromatic heterocycles. The summed E-state index contributed by atoms with van der Waals surface area (Å²) in [6.45, 7) is 0. The number of phenolic OH excluding ortho intramolecular Hbond substituents is 3. The lowest BCUT2D eigenvalue weighted by Crippen LogP contribution is -2.14.